The van der Waals surface area contributed by atoms with Crippen LogP contribution in [-0.2, 0) is 14.3 Å². The second-order valence-corrected chi connectivity index (χ2v) is 5.34. The van der Waals surface area contributed by atoms with Gasteiger partial charge < -0.3 is 4.74 Å². The van der Waals surface area contributed by atoms with E-state index in [1.165, 1.54) is 9.47 Å². The number of hydrogen-bond donors (Lipinski definition) is 0. The molecule has 0 aliphatic carbocycles. The molecule has 0 N–H and O–H groups in total. The molecule has 0 aliphatic heterocycles. The summed E-state index contributed by atoms with van der Waals surface area (Å²) in [5.74, 6) is -36.9. The van der Waals surface area contributed by atoms with Crippen molar-refractivity contribution in [2.45, 2.75) is 54.4 Å². The van der Waals surface area contributed by atoms with E-state index in [2.05, 4.69) is 0 Å². The van der Waals surface area contributed by atoms with Crippen molar-refractivity contribution in [3.8, 4) is 0 Å². The standard InChI is InChI=1S/C10F20O3/c11-2(6(18,19)20,33-10(29,30)5(16,17)8(24,25)26)1(31)32-9(27,28)4(14,15)3(12,13)7(21,22)23. The third-order valence-corrected chi connectivity index (χ3v) is 2.95. The Bertz CT molecular complexity index is 728. The van der Waals surface area contributed by atoms with E-state index in [1.54, 1.807) is 0 Å². The highest BCUT2D eigenvalue weighted by Crippen LogP contribution is 2.55. The van der Waals surface area contributed by atoms with Gasteiger partial charge >= 0.3 is 60.3 Å². The first-order chi connectivity index (χ1) is 13.8. The summed E-state index contributed by atoms with van der Waals surface area (Å²) in [6.07, 6.45) is -38.9. The molecule has 0 radical (unpaired) electrons. The second-order valence-electron chi connectivity index (χ2n) is 5.34. The second kappa shape index (κ2) is 7.78. The van der Waals surface area contributed by atoms with E-state index in [1.807, 2.05) is 0 Å². The molecule has 198 valence electrons. The fourth-order valence-corrected chi connectivity index (χ4v) is 1.23. The maximum Gasteiger partial charge on any atom is 0.473 e. The Morgan fingerprint density at radius 1 is 0.424 bits per heavy atom. The summed E-state index contributed by atoms with van der Waals surface area (Å²) in [5, 5.41) is 0. The molecule has 3 nitrogen and oxygen atoms in total. The topological polar surface area (TPSA) is 35.5 Å². The number of halogens is 20. The van der Waals surface area contributed by atoms with Crippen molar-refractivity contribution in [2.24, 2.45) is 0 Å². The Labute approximate surface area is 164 Å². The van der Waals surface area contributed by atoms with E-state index < -0.39 is 60.3 Å². The summed E-state index contributed by atoms with van der Waals surface area (Å²) >= 11 is 0. The number of carbonyl (C=O) groups excluding carboxylic acids is 1. The number of rotatable bonds is 7. The molecule has 1 atom stereocenters. The van der Waals surface area contributed by atoms with Gasteiger partial charge in [-0.25, -0.2) is 4.79 Å². The van der Waals surface area contributed by atoms with Crippen molar-refractivity contribution in [1.29, 1.82) is 0 Å². The van der Waals surface area contributed by atoms with Gasteiger partial charge in [0.15, 0.2) is 0 Å². The highest BCUT2D eigenvalue weighted by molar-refractivity contribution is 5.79. The van der Waals surface area contributed by atoms with E-state index in [0.717, 1.165) is 0 Å². The molecular weight excluding hydrogens is 548 g/mol. The number of hydrogen-bond acceptors (Lipinski definition) is 3. The van der Waals surface area contributed by atoms with E-state index in [-0.39, 0.29) is 0 Å². The zero-order chi connectivity index (χ0) is 27.5. The van der Waals surface area contributed by atoms with Gasteiger partial charge in [-0.15, -0.1) is 0 Å². The Balaban J connectivity index is 6.47. The van der Waals surface area contributed by atoms with Crippen LogP contribution in [0.2, 0.25) is 0 Å². The maximum absolute atomic E-state index is 13.6. The first-order valence-corrected chi connectivity index (χ1v) is 6.55. The normalized spacial score (nSPS) is 17.6. The average molecular weight is 548 g/mol. The zero-order valence-corrected chi connectivity index (χ0v) is 13.8. The smallest absolute Gasteiger partial charge is 0.391 e. The van der Waals surface area contributed by atoms with Gasteiger partial charge in [-0.3, -0.25) is 4.74 Å². The third kappa shape index (κ3) is 4.95. The summed E-state index contributed by atoms with van der Waals surface area (Å²) in [5.41, 5.74) is 0. The van der Waals surface area contributed by atoms with Crippen molar-refractivity contribution in [3.63, 3.8) is 0 Å². The Kier molecular flexibility index (Phi) is 7.32. The highest BCUT2D eigenvalue weighted by Gasteiger charge is 2.85. The van der Waals surface area contributed by atoms with Crippen LogP contribution in [0.5, 0.6) is 0 Å². The maximum atomic E-state index is 13.6. The van der Waals surface area contributed by atoms with Gasteiger partial charge in [-0.2, -0.15) is 87.8 Å². The van der Waals surface area contributed by atoms with E-state index >= 15 is 0 Å². The Hall–Kier alpha value is -1.97. The summed E-state index contributed by atoms with van der Waals surface area (Å²) in [6, 6.07) is 0. The van der Waals surface area contributed by atoms with Crippen molar-refractivity contribution in [1.82, 2.24) is 0 Å². The lowest BCUT2D eigenvalue weighted by atomic mass is 10.1. The zero-order valence-electron chi connectivity index (χ0n) is 13.8. The quantitative estimate of drug-likeness (QED) is 0.290. The Morgan fingerprint density at radius 2 is 0.758 bits per heavy atom. The SMILES string of the molecule is O=C(OC(F)(F)C(F)(F)C(F)(F)C(F)(F)F)C(F)(OC(F)(F)C(F)(F)C(F)(F)F)C(F)(F)F. The molecule has 0 saturated heterocycles. The molecule has 1 unspecified atom stereocenters. The Morgan fingerprint density at radius 3 is 1.03 bits per heavy atom. The van der Waals surface area contributed by atoms with Crippen LogP contribution in [0.1, 0.15) is 0 Å². The number of carbonyl (C=O) groups is 1. The van der Waals surface area contributed by atoms with Gasteiger partial charge in [0.2, 0.25) is 0 Å². The first-order valence-electron chi connectivity index (χ1n) is 6.55. The molecule has 0 heterocycles. The van der Waals surface area contributed by atoms with E-state index in [4.69, 9.17) is 0 Å². The summed E-state index contributed by atoms with van der Waals surface area (Å²) in [7, 11) is 0. The monoisotopic (exact) mass is 548 g/mol. The number of alkyl halides is 20. The molecule has 0 aromatic heterocycles. The lowest BCUT2D eigenvalue weighted by Gasteiger charge is -2.36. The summed E-state index contributed by atoms with van der Waals surface area (Å²) in [4.78, 5) is 10.8. The average Bonchev–Trinajstić information content (AvgIpc) is 2.49. The molecule has 0 rings (SSSR count). The number of esters is 1. The van der Waals surface area contributed by atoms with Crippen LogP contribution in [0.3, 0.4) is 0 Å². The summed E-state index contributed by atoms with van der Waals surface area (Å²) in [6.45, 7) is 0. The van der Waals surface area contributed by atoms with E-state index in [9.17, 15) is 92.6 Å². The predicted octanol–water partition coefficient (Wildman–Crippen LogP) is 5.99. The van der Waals surface area contributed by atoms with Crippen molar-refractivity contribution in [2.75, 3.05) is 0 Å². The van der Waals surface area contributed by atoms with Gasteiger partial charge in [0.1, 0.15) is 0 Å². The van der Waals surface area contributed by atoms with Crippen LogP contribution in [0.15, 0.2) is 0 Å². The molecule has 23 heteroatoms. The van der Waals surface area contributed by atoms with Crippen LogP contribution < -0.4 is 0 Å². The van der Waals surface area contributed by atoms with Crippen LogP contribution in [-0.4, -0.2) is 60.3 Å². The van der Waals surface area contributed by atoms with Crippen molar-refractivity contribution in [3.05, 3.63) is 0 Å². The minimum Gasteiger partial charge on any atom is -0.391 e. The lowest BCUT2D eigenvalue weighted by Crippen LogP contribution is -2.65. The van der Waals surface area contributed by atoms with Crippen LogP contribution in [0.25, 0.3) is 0 Å². The molecule has 0 aliphatic rings. The van der Waals surface area contributed by atoms with Crippen LogP contribution >= 0.6 is 0 Å². The fraction of sp³-hybridized carbons (Fsp3) is 0.900. The molecule has 0 amide bonds. The van der Waals surface area contributed by atoms with Gasteiger partial charge in [-0.05, 0) is 0 Å². The first kappa shape index (κ1) is 31.0. The van der Waals surface area contributed by atoms with Crippen molar-refractivity contribution < 1.29 is 102 Å². The minimum absolute atomic E-state index is 1.30. The van der Waals surface area contributed by atoms with E-state index in [0.29, 0.717) is 0 Å². The van der Waals surface area contributed by atoms with Crippen LogP contribution in [0, 0.1) is 0 Å². The minimum atomic E-state index is -8.14. The largest absolute Gasteiger partial charge is 0.473 e. The fourth-order valence-electron chi connectivity index (χ4n) is 1.23. The molecule has 33 heavy (non-hydrogen) atoms. The third-order valence-electron chi connectivity index (χ3n) is 2.95. The molecule has 0 fully saturated rings. The molecule has 0 bridgehead atoms. The van der Waals surface area contributed by atoms with Crippen molar-refractivity contribution >= 4 is 5.97 Å². The van der Waals surface area contributed by atoms with Gasteiger partial charge in [0, 0.05) is 0 Å². The highest BCUT2D eigenvalue weighted by atomic mass is 19.4. The van der Waals surface area contributed by atoms with Crippen LogP contribution in [0.4, 0.5) is 87.8 Å². The van der Waals surface area contributed by atoms with Gasteiger partial charge in [0.05, 0.1) is 0 Å². The lowest BCUT2D eigenvalue weighted by molar-refractivity contribution is -0.481. The van der Waals surface area contributed by atoms with Gasteiger partial charge in [-0.1, -0.05) is 0 Å². The predicted molar refractivity (Wildman–Crippen MR) is 53.9 cm³/mol. The molecule has 0 saturated carbocycles. The van der Waals surface area contributed by atoms with Gasteiger partial charge in [0.25, 0.3) is 0 Å². The number of ether oxygens (including phenoxy) is 2. The molecule has 0 aromatic carbocycles. The molecule has 0 spiro atoms. The molecular formula is C10F20O3. The summed E-state index contributed by atoms with van der Waals surface area (Å²) < 4.78 is 252. The molecule has 0 aromatic rings.